The molecule has 0 aliphatic carbocycles. The van der Waals surface area contributed by atoms with Crippen LogP contribution < -0.4 is 10.6 Å². The van der Waals surface area contributed by atoms with Crippen LogP contribution in [0.3, 0.4) is 0 Å². The van der Waals surface area contributed by atoms with Crippen molar-refractivity contribution in [2.45, 2.75) is 25.6 Å². The maximum Gasteiger partial charge on any atom is 0.322 e. The molecule has 0 saturated carbocycles. The number of urea groups is 1. The topological polar surface area (TPSA) is 94.9 Å². The second-order valence-corrected chi connectivity index (χ2v) is 8.87. The number of carbonyl (C=O) groups excluding carboxylic acids is 3. The molecule has 0 spiro atoms. The van der Waals surface area contributed by atoms with Gasteiger partial charge in [0.2, 0.25) is 5.91 Å². The van der Waals surface area contributed by atoms with E-state index in [0.717, 1.165) is 5.56 Å². The lowest BCUT2D eigenvalue weighted by Crippen LogP contribution is -2.47. The third-order valence-electron chi connectivity index (χ3n) is 6.13. The quantitative estimate of drug-likeness (QED) is 0.545. The SMILES string of the molecule is CCN1C(=O)N[C@@H](c2ccsc2)C2=C1CN([C@@H](C(=O)NCc1ccco1)c1ccccc1)C2=O. The molecule has 0 fully saturated rings. The van der Waals surface area contributed by atoms with E-state index in [1.807, 2.05) is 54.1 Å². The normalized spacial score (nSPS) is 18.7. The Bertz CT molecular complexity index is 1220. The maximum atomic E-state index is 13.9. The number of hydrogen-bond acceptors (Lipinski definition) is 5. The molecule has 5 rings (SSSR count). The van der Waals surface area contributed by atoms with E-state index in [2.05, 4.69) is 10.6 Å². The largest absolute Gasteiger partial charge is 0.467 e. The number of nitrogens with zero attached hydrogens (tertiary/aromatic N) is 2. The van der Waals surface area contributed by atoms with Crippen LogP contribution in [0, 0.1) is 0 Å². The fourth-order valence-corrected chi connectivity index (χ4v) is 5.22. The van der Waals surface area contributed by atoms with Crippen molar-refractivity contribution in [3.05, 3.63) is 93.7 Å². The van der Waals surface area contributed by atoms with Gasteiger partial charge in [-0.15, -0.1) is 0 Å². The molecule has 0 unspecified atom stereocenters. The van der Waals surface area contributed by atoms with Crippen LogP contribution in [0.1, 0.15) is 35.9 Å². The molecule has 2 atom stereocenters. The van der Waals surface area contributed by atoms with E-state index in [1.54, 1.807) is 28.2 Å². The molecule has 2 aliphatic heterocycles. The molecule has 4 amide bonds. The monoisotopic (exact) mass is 476 g/mol. The van der Waals surface area contributed by atoms with Gasteiger partial charge in [-0.05, 0) is 47.0 Å². The Balaban J connectivity index is 1.50. The highest BCUT2D eigenvalue weighted by Gasteiger charge is 2.47. The van der Waals surface area contributed by atoms with E-state index < -0.39 is 12.1 Å². The molecular weight excluding hydrogens is 452 g/mol. The van der Waals surface area contributed by atoms with Gasteiger partial charge in [-0.2, -0.15) is 11.3 Å². The van der Waals surface area contributed by atoms with Crippen molar-refractivity contribution in [1.29, 1.82) is 0 Å². The lowest BCUT2D eigenvalue weighted by Gasteiger charge is -2.32. The zero-order valence-corrected chi connectivity index (χ0v) is 19.4. The summed E-state index contributed by atoms with van der Waals surface area (Å²) in [6.45, 7) is 2.67. The number of thiophene rings is 1. The van der Waals surface area contributed by atoms with Crippen molar-refractivity contribution < 1.29 is 18.8 Å². The van der Waals surface area contributed by atoms with Gasteiger partial charge in [0.05, 0.1) is 36.7 Å². The molecule has 3 aromatic rings. The summed E-state index contributed by atoms with van der Waals surface area (Å²) in [5, 5.41) is 9.71. The second-order valence-electron chi connectivity index (χ2n) is 8.09. The highest BCUT2D eigenvalue weighted by atomic mass is 32.1. The predicted molar refractivity (Wildman–Crippen MR) is 126 cm³/mol. The Morgan fingerprint density at radius 2 is 2.03 bits per heavy atom. The summed E-state index contributed by atoms with van der Waals surface area (Å²) in [4.78, 5) is 43.3. The number of amides is 4. The van der Waals surface area contributed by atoms with E-state index in [0.29, 0.717) is 29.1 Å². The number of carbonyl (C=O) groups is 3. The molecule has 8 nitrogen and oxygen atoms in total. The average molecular weight is 477 g/mol. The molecule has 34 heavy (non-hydrogen) atoms. The van der Waals surface area contributed by atoms with Gasteiger partial charge < -0.3 is 20.0 Å². The summed E-state index contributed by atoms with van der Waals surface area (Å²) in [7, 11) is 0. The molecule has 0 radical (unpaired) electrons. The number of rotatable bonds is 7. The first-order chi connectivity index (χ1) is 16.6. The van der Waals surface area contributed by atoms with Gasteiger partial charge in [0.25, 0.3) is 5.91 Å². The van der Waals surface area contributed by atoms with Gasteiger partial charge in [-0.3, -0.25) is 14.5 Å². The summed E-state index contributed by atoms with van der Waals surface area (Å²) in [5.74, 6) is 0.0478. The highest BCUT2D eigenvalue weighted by Crippen LogP contribution is 2.40. The minimum absolute atomic E-state index is 0.170. The van der Waals surface area contributed by atoms with Crippen molar-refractivity contribution in [2.24, 2.45) is 0 Å². The van der Waals surface area contributed by atoms with Crippen LogP contribution in [0.2, 0.25) is 0 Å². The number of likely N-dealkylation sites (N-methyl/N-ethyl adjacent to an activating group) is 1. The lowest BCUT2D eigenvalue weighted by atomic mass is 9.97. The zero-order valence-electron chi connectivity index (χ0n) is 18.6. The smallest absolute Gasteiger partial charge is 0.322 e. The summed E-state index contributed by atoms with van der Waals surface area (Å²) >= 11 is 1.51. The molecule has 174 valence electrons. The van der Waals surface area contributed by atoms with Crippen LogP contribution in [-0.4, -0.2) is 40.7 Å². The van der Waals surface area contributed by atoms with Crippen molar-refractivity contribution in [1.82, 2.24) is 20.4 Å². The number of nitrogens with one attached hydrogen (secondary N) is 2. The van der Waals surface area contributed by atoms with Crippen molar-refractivity contribution in [3.8, 4) is 0 Å². The highest BCUT2D eigenvalue weighted by molar-refractivity contribution is 7.08. The zero-order chi connectivity index (χ0) is 23.7. The fourth-order valence-electron chi connectivity index (χ4n) is 4.54. The van der Waals surface area contributed by atoms with E-state index in [9.17, 15) is 14.4 Å². The first-order valence-corrected chi connectivity index (χ1v) is 12.0. The average Bonchev–Trinajstić information content (AvgIpc) is 3.61. The van der Waals surface area contributed by atoms with Crippen LogP contribution in [-0.2, 0) is 16.1 Å². The number of benzene rings is 1. The van der Waals surface area contributed by atoms with Crippen molar-refractivity contribution in [3.63, 3.8) is 0 Å². The molecule has 2 N–H and O–H groups in total. The van der Waals surface area contributed by atoms with Crippen LogP contribution in [0.15, 0.2) is 81.2 Å². The molecule has 0 bridgehead atoms. The molecule has 0 saturated heterocycles. The summed E-state index contributed by atoms with van der Waals surface area (Å²) in [6, 6.07) is 13.0. The predicted octanol–water partition coefficient (Wildman–Crippen LogP) is 3.58. The van der Waals surface area contributed by atoms with Gasteiger partial charge in [0, 0.05) is 6.54 Å². The summed E-state index contributed by atoms with van der Waals surface area (Å²) in [5.41, 5.74) is 2.71. The Morgan fingerprint density at radius 1 is 1.21 bits per heavy atom. The van der Waals surface area contributed by atoms with Gasteiger partial charge in [0.15, 0.2) is 0 Å². The second kappa shape index (κ2) is 9.18. The van der Waals surface area contributed by atoms with E-state index >= 15 is 0 Å². The van der Waals surface area contributed by atoms with Crippen molar-refractivity contribution in [2.75, 3.05) is 13.1 Å². The summed E-state index contributed by atoms with van der Waals surface area (Å²) in [6.07, 6.45) is 1.55. The molecule has 4 heterocycles. The van der Waals surface area contributed by atoms with E-state index in [-0.39, 0.29) is 30.9 Å². The van der Waals surface area contributed by atoms with Crippen LogP contribution >= 0.6 is 11.3 Å². The summed E-state index contributed by atoms with van der Waals surface area (Å²) < 4.78 is 5.33. The third kappa shape index (κ3) is 3.88. The number of furan rings is 1. The van der Waals surface area contributed by atoms with Gasteiger partial charge in [-0.1, -0.05) is 30.3 Å². The minimum Gasteiger partial charge on any atom is -0.467 e. The van der Waals surface area contributed by atoms with Crippen LogP contribution in [0.25, 0.3) is 0 Å². The van der Waals surface area contributed by atoms with Crippen molar-refractivity contribution >= 4 is 29.2 Å². The van der Waals surface area contributed by atoms with Crippen LogP contribution in [0.4, 0.5) is 4.79 Å². The Labute approximate surface area is 200 Å². The van der Waals surface area contributed by atoms with Gasteiger partial charge >= 0.3 is 6.03 Å². The first kappa shape index (κ1) is 22.0. The minimum atomic E-state index is -0.855. The lowest BCUT2D eigenvalue weighted by molar-refractivity contribution is -0.136. The molecule has 9 heteroatoms. The third-order valence-corrected chi connectivity index (χ3v) is 6.84. The molecule has 2 aromatic heterocycles. The standard InChI is InChI=1S/C25H24N4O4S/c1-2-28-19-14-29(24(31)20(19)21(27-25(28)32)17-10-12-34-15-17)22(16-7-4-3-5-8-16)23(30)26-13-18-9-6-11-33-18/h3-12,15,21-22H,2,13-14H2,1H3,(H,26,30)(H,27,32)/t21-,22+/m0/s1. The molecular formula is C25H24N4O4S. The molecule has 2 aliphatic rings. The van der Waals surface area contributed by atoms with E-state index in [1.165, 1.54) is 11.3 Å². The van der Waals surface area contributed by atoms with Gasteiger partial charge in [0.1, 0.15) is 11.8 Å². The fraction of sp³-hybridized carbons (Fsp3) is 0.240. The van der Waals surface area contributed by atoms with Crippen LogP contribution in [0.5, 0.6) is 0 Å². The maximum absolute atomic E-state index is 13.9. The number of hydrogen-bond donors (Lipinski definition) is 2. The Kier molecular flexibility index (Phi) is 5.93. The Morgan fingerprint density at radius 3 is 2.71 bits per heavy atom. The Hall–Kier alpha value is -3.85. The molecule has 1 aromatic carbocycles. The first-order valence-electron chi connectivity index (χ1n) is 11.1. The van der Waals surface area contributed by atoms with E-state index in [4.69, 9.17) is 4.42 Å². The van der Waals surface area contributed by atoms with Gasteiger partial charge in [-0.25, -0.2) is 4.79 Å².